The lowest BCUT2D eigenvalue weighted by Crippen LogP contribution is -2.30. The van der Waals surface area contributed by atoms with Gasteiger partial charge in [0.15, 0.2) is 10.8 Å². The Balaban J connectivity index is 1.77. The fourth-order valence-electron chi connectivity index (χ4n) is 2.87. The van der Waals surface area contributed by atoms with E-state index in [9.17, 15) is 13.2 Å². The number of rotatable bonds is 7. The molecule has 29 heavy (non-hydrogen) atoms. The summed E-state index contributed by atoms with van der Waals surface area (Å²) >= 11 is 1.25. The van der Waals surface area contributed by atoms with Crippen molar-refractivity contribution in [1.29, 1.82) is 0 Å². The lowest BCUT2D eigenvalue weighted by atomic mass is 10.3. The second-order valence-electron chi connectivity index (χ2n) is 6.41. The molecule has 0 saturated heterocycles. The number of aryl methyl sites for hydroxylation is 2. The van der Waals surface area contributed by atoms with Crippen LogP contribution in [0.15, 0.2) is 45.7 Å². The topological polar surface area (TPSA) is 92.5 Å². The number of benzene rings is 1. The average Bonchev–Trinajstić information content (AvgIpc) is 3.28. The third-order valence-corrected chi connectivity index (χ3v) is 7.64. The molecule has 1 aromatic carbocycles. The van der Waals surface area contributed by atoms with E-state index in [1.54, 1.807) is 32.9 Å². The van der Waals surface area contributed by atoms with Gasteiger partial charge in [-0.2, -0.15) is 4.31 Å². The van der Waals surface area contributed by atoms with E-state index < -0.39 is 10.0 Å². The fourth-order valence-corrected chi connectivity index (χ4v) is 5.25. The minimum atomic E-state index is -3.53. The Labute approximate surface area is 174 Å². The predicted octanol–water partition coefficient (Wildman–Crippen LogP) is 4.30. The third-order valence-electron chi connectivity index (χ3n) is 4.41. The normalized spacial score (nSPS) is 11.8. The van der Waals surface area contributed by atoms with Crippen molar-refractivity contribution in [3.63, 3.8) is 0 Å². The van der Waals surface area contributed by atoms with Crippen molar-refractivity contribution in [3.8, 4) is 10.8 Å². The highest BCUT2D eigenvalue weighted by atomic mass is 32.2. The molecule has 2 heterocycles. The molecule has 9 heteroatoms. The number of sulfonamides is 1. The van der Waals surface area contributed by atoms with E-state index in [1.807, 2.05) is 19.1 Å². The second kappa shape index (κ2) is 8.48. The first kappa shape index (κ1) is 21.2. The van der Waals surface area contributed by atoms with Crippen molar-refractivity contribution in [2.75, 3.05) is 18.4 Å². The van der Waals surface area contributed by atoms with E-state index in [0.29, 0.717) is 40.1 Å². The summed E-state index contributed by atoms with van der Waals surface area (Å²) in [5.41, 5.74) is 1.12. The number of aromatic nitrogens is 1. The summed E-state index contributed by atoms with van der Waals surface area (Å²) in [7, 11) is -3.53. The monoisotopic (exact) mass is 433 g/mol. The number of nitrogens with zero attached hydrogens (tertiary/aromatic N) is 2. The molecular formula is C20H23N3O4S2. The number of hydrogen-bond acceptors (Lipinski definition) is 6. The van der Waals surface area contributed by atoms with E-state index in [-0.39, 0.29) is 10.8 Å². The summed E-state index contributed by atoms with van der Waals surface area (Å²) < 4.78 is 32.1. The van der Waals surface area contributed by atoms with Gasteiger partial charge in [0, 0.05) is 18.8 Å². The molecule has 0 saturated carbocycles. The van der Waals surface area contributed by atoms with Crippen molar-refractivity contribution in [3.05, 3.63) is 52.7 Å². The Hall–Kier alpha value is -2.49. The lowest BCUT2D eigenvalue weighted by Gasteiger charge is -2.18. The largest absolute Gasteiger partial charge is 0.459 e. The van der Waals surface area contributed by atoms with Crippen LogP contribution < -0.4 is 5.32 Å². The van der Waals surface area contributed by atoms with Crippen molar-refractivity contribution in [2.45, 2.75) is 32.6 Å². The fraction of sp³-hybridized carbons (Fsp3) is 0.300. The standard InChI is InChI=1S/C20H23N3O4S2/c1-5-23(6-2)29(25,26)16-10-8-15(9-11-16)22-19(24)18-14(4)21-20(28-18)17-12-7-13(3)27-17/h7-12H,5-6H2,1-4H3,(H,22,24). The summed E-state index contributed by atoms with van der Waals surface area (Å²) in [5.74, 6) is 1.10. The van der Waals surface area contributed by atoms with Gasteiger partial charge in [0.05, 0.1) is 10.6 Å². The van der Waals surface area contributed by atoms with Gasteiger partial charge in [-0.15, -0.1) is 11.3 Å². The molecule has 7 nitrogen and oxygen atoms in total. The van der Waals surface area contributed by atoms with Crippen LogP contribution in [0.4, 0.5) is 5.69 Å². The van der Waals surface area contributed by atoms with Gasteiger partial charge in [0.1, 0.15) is 10.6 Å². The zero-order chi connectivity index (χ0) is 21.2. The number of furan rings is 1. The van der Waals surface area contributed by atoms with Gasteiger partial charge in [-0.3, -0.25) is 4.79 Å². The molecule has 1 N–H and O–H groups in total. The summed E-state index contributed by atoms with van der Waals surface area (Å²) in [6.07, 6.45) is 0. The number of amides is 1. The first-order chi connectivity index (χ1) is 13.8. The SMILES string of the molecule is CCN(CC)S(=O)(=O)c1ccc(NC(=O)c2sc(-c3ccc(C)o3)nc2C)cc1. The molecule has 0 bridgehead atoms. The molecule has 1 amide bonds. The molecule has 0 aliphatic carbocycles. The van der Waals surface area contributed by atoms with Crippen LogP contribution in [-0.2, 0) is 10.0 Å². The van der Waals surface area contributed by atoms with Gasteiger partial charge in [-0.05, 0) is 50.2 Å². The van der Waals surface area contributed by atoms with Crippen LogP contribution in [0.2, 0.25) is 0 Å². The Morgan fingerprint density at radius 1 is 1.10 bits per heavy atom. The Bertz CT molecular complexity index is 1110. The molecule has 0 radical (unpaired) electrons. The third kappa shape index (κ3) is 4.42. The highest BCUT2D eigenvalue weighted by Gasteiger charge is 2.22. The summed E-state index contributed by atoms with van der Waals surface area (Å²) in [6, 6.07) is 9.84. The molecule has 0 aliphatic heterocycles. The Kier molecular flexibility index (Phi) is 6.21. The minimum Gasteiger partial charge on any atom is -0.459 e. The quantitative estimate of drug-likeness (QED) is 0.600. The number of hydrogen-bond donors (Lipinski definition) is 1. The van der Waals surface area contributed by atoms with Crippen molar-refractivity contribution < 1.29 is 17.6 Å². The molecule has 3 aromatic rings. The van der Waals surface area contributed by atoms with Gasteiger partial charge in [-0.1, -0.05) is 13.8 Å². The molecular weight excluding hydrogens is 410 g/mol. The van der Waals surface area contributed by atoms with E-state index in [4.69, 9.17) is 4.42 Å². The number of carbonyl (C=O) groups is 1. The first-order valence-corrected chi connectivity index (χ1v) is 11.5. The molecule has 0 fully saturated rings. The van der Waals surface area contributed by atoms with Gasteiger partial charge in [-0.25, -0.2) is 13.4 Å². The van der Waals surface area contributed by atoms with E-state index in [2.05, 4.69) is 10.3 Å². The number of carbonyl (C=O) groups excluding carboxylic acids is 1. The molecule has 154 valence electrons. The van der Waals surface area contributed by atoms with Crippen LogP contribution in [0, 0.1) is 13.8 Å². The molecule has 0 aliphatic rings. The maximum atomic E-state index is 12.7. The number of anilines is 1. The molecule has 0 atom stereocenters. The van der Waals surface area contributed by atoms with Crippen molar-refractivity contribution in [1.82, 2.24) is 9.29 Å². The van der Waals surface area contributed by atoms with E-state index >= 15 is 0 Å². The predicted molar refractivity (Wildman–Crippen MR) is 114 cm³/mol. The Morgan fingerprint density at radius 2 is 1.76 bits per heavy atom. The summed E-state index contributed by atoms with van der Waals surface area (Å²) in [6.45, 7) is 8.02. The number of thiazole rings is 1. The average molecular weight is 434 g/mol. The van der Waals surface area contributed by atoms with Crippen LogP contribution in [0.1, 0.15) is 35.0 Å². The summed E-state index contributed by atoms with van der Waals surface area (Å²) in [4.78, 5) is 17.8. The Morgan fingerprint density at radius 3 is 2.31 bits per heavy atom. The van der Waals surface area contributed by atoms with E-state index in [1.165, 1.54) is 27.8 Å². The molecule has 0 unspecified atom stereocenters. The van der Waals surface area contributed by atoms with Crippen LogP contribution in [0.3, 0.4) is 0 Å². The van der Waals surface area contributed by atoms with Gasteiger partial charge in [0.2, 0.25) is 10.0 Å². The summed E-state index contributed by atoms with van der Waals surface area (Å²) in [5, 5.41) is 3.44. The van der Waals surface area contributed by atoms with Crippen molar-refractivity contribution >= 4 is 33.0 Å². The smallest absolute Gasteiger partial charge is 0.267 e. The van der Waals surface area contributed by atoms with Crippen molar-refractivity contribution in [2.24, 2.45) is 0 Å². The maximum absolute atomic E-state index is 12.7. The second-order valence-corrected chi connectivity index (χ2v) is 9.35. The van der Waals surface area contributed by atoms with Crippen LogP contribution >= 0.6 is 11.3 Å². The highest BCUT2D eigenvalue weighted by molar-refractivity contribution is 7.89. The van der Waals surface area contributed by atoms with Gasteiger partial charge >= 0.3 is 0 Å². The molecule has 3 rings (SSSR count). The zero-order valence-corrected chi connectivity index (χ0v) is 18.4. The van der Waals surface area contributed by atoms with Gasteiger partial charge < -0.3 is 9.73 Å². The first-order valence-electron chi connectivity index (χ1n) is 9.22. The molecule has 2 aromatic heterocycles. The van der Waals surface area contributed by atoms with Crippen LogP contribution in [0.25, 0.3) is 10.8 Å². The van der Waals surface area contributed by atoms with Crippen LogP contribution in [0.5, 0.6) is 0 Å². The molecule has 0 spiro atoms. The zero-order valence-electron chi connectivity index (χ0n) is 16.7. The van der Waals surface area contributed by atoms with E-state index in [0.717, 1.165) is 5.76 Å². The highest BCUT2D eigenvalue weighted by Crippen LogP contribution is 2.30. The maximum Gasteiger partial charge on any atom is 0.267 e. The van der Waals surface area contributed by atoms with Crippen LogP contribution in [-0.4, -0.2) is 36.7 Å². The lowest BCUT2D eigenvalue weighted by molar-refractivity contribution is 0.103. The van der Waals surface area contributed by atoms with Gasteiger partial charge in [0.25, 0.3) is 5.91 Å². The number of nitrogens with one attached hydrogen (secondary N) is 1. The minimum absolute atomic E-state index is 0.198.